The van der Waals surface area contributed by atoms with Gasteiger partial charge in [-0.25, -0.2) is 18.7 Å². The Morgan fingerprint density at radius 3 is 2.36 bits per heavy atom. The van der Waals surface area contributed by atoms with E-state index in [9.17, 15) is 22.0 Å². The molecule has 0 saturated heterocycles. The Morgan fingerprint density at radius 2 is 1.82 bits per heavy atom. The molecule has 13 heteroatoms. The number of rotatable bonds is 10. The van der Waals surface area contributed by atoms with E-state index in [1.54, 1.807) is 6.19 Å². The van der Waals surface area contributed by atoms with Gasteiger partial charge in [-0.3, -0.25) is 0 Å². The van der Waals surface area contributed by atoms with Crippen LogP contribution in [0.3, 0.4) is 0 Å². The number of hydrogen-bond acceptors (Lipinski definition) is 7. The highest BCUT2D eigenvalue weighted by Gasteiger charge is 2.37. The van der Waals surface area contributed by atoms with Gasteiger partial charge in [0.15, 0.2) is 12.0 Å². The predicted octanol–water partition coefficient (Wildman–Crippen LogP) is 4.34. The first-order valence-electron chi connectivity index (χ1n) is 9.72. The molecule has 180 valence electrons. The number of benzene rings is 1. The quantitative estimate of drug-likeness (QED) is 0.168. The van der Waals surface area contributed by atoms with Gasteiger partial charge in [0.1, 0.15) is 34.4 Å². The van der Waals surface area contributed by atoms with Crippen LogP contribution in [0.2, 0.25) is 5.15 Å². The zero-order valence-electron chi connectivity index (χ0n) is 18.0. The SMILES string of the molecule is CC(Nc1nc(CNC#N)nc(Cl)c1-c1c(F)cc(OCCCN(C)C)cc1F)C(F)(F)F. The smallest absolute Gasteiger partial charge is 0.408 e. The lowest BCUT2D eigenvalue weighted by molar-refractivity contribution is -0.138. The molecule has 2 N–H and O–H groups in total. The maximum Gasteiger partial charge on any atom is 0.408 e. The van der Waals surface area contributed by atoms with E-state index >= 15 is 0 Å². The third-order valence-electron chi connectivity index (χ3n) is 4.36. The van der Waals surface area contributed by atoms with Gasteiger partial charge in [-0.15, -0.1) is 0 Å². The Morgan fingerprint density at radius 1 is 1.18 bits per heavy atom. The van der Waals surface area contributed by atoms with Crippen molar-refractivity contribution in [3.63, 3.8) is 0 Å². The van der Waals surface area contributed by atoms with Gasteiger partial charge >= 0.3 is 6.18 Å². The Hall–Kier alpha value is -2.91. The summed E-state index contributed by atoms with van der Waals surface area (Å²) < 4.78 is 74.6. The summed E-state index contributed by atoms with van der Waals surface area (Å²) in [4.78, 5) is 9.66. The number of nitrogens with one attached hydrogen (secondary N) is 2. The summed E-state index contributed by atoms with van der Waals surface area (Å²) in [5.74, 6) is -3.00. The molecular formula is C20H22ClF5N6O. The standard InChI is InChI=1S/C20H22ClF5N6O/c1-11(20(24,25)26)29-19-17(18(21)30-15(31-19)9-28-10-27)16-13(22)7-12(8-14(16)23)33-6-4-5-32(2)3/h7-8,11,28H,4-6,9H2,1-3H3,(H,29,30,31). The highest BCUT2D eigenvalue weighted by Crippen LogP contribution is 2.39. The predicted molar refractivity (Wildman–Crippen MR) is 113 cm³/mol. The normalized spacial score (nSPS) is 12.4. The van der Waals surface area contributed by atoms with Crippen LogP contribution in [-0.4, -0.2) is 54.3 Å². The van der Waals surface area contributed by atoms with Crippen molar-refractivity contribution in [2.75, 3.05) is 32.6 Å². The Balaban J connectivity index is 2.47. The summed E-state index contributed by atoms with van der Waals surface area (Å²) in [6.45, 7) is 1.47. The van der Waals surface area contributed by atoms with Crippen LogP contribution in [0.5, 0.6) is 5.75 Å². The lowest BCUT2D eigenvalue weighted by Crippen LogP contribution is -2.34. The summed E-state index contributed by atoms with van der Waals surface area (Å²) in [7, 11) is 3.74. The fraction of sp³-hybridized carbons (Fsp3) is 0.450. The minimum absolute atomic E-state index is 0.0856. The number of halogens is 6. The third-order valence-corrected chi connectivity index (χ3v) is 4.64. The largest absolute Gasteiger partial charge is 0.493 e. The average molecular weight is 493 g/mol. The molecule has 33 heavy (non-hydrogen) atoms. The van der Waals surface area contributed by atoms with Crippen molar-refractivity contribution in [3.05, 3.63) is 34.7 Å². The fourth-order valence-corrected chi connectivity index (χ4v) is 3.01. The maximum absolute atomic E-state index is 14.9. The number of nitrogens with zero attached hydrogens (tertiary/aromatic N) is 4. The molecule has 1 atom stereocenters. The van der Waals surface area contributed by atoms with E-state index in [2.05, 4.69) is 20.6 Å². The average Bonchev–Trinajstić information content (AvgIpc) is 2.70. The molecule has 0 fully saturated rings. The second-order valence-electron chi connectivity index (χ2n) is 7.29. The summed E-state index contributed by atoms with van der Waals surface area (Å²) >= 11 is 6.11. The van der Waals surface area contributed by atoms with Crippen molar-refractivity contribution >= 4 is 17.4 Å². The Bertz CT molecular complexity index is 989. The fourth-order valence-electron chi connectivity index (χ4n) is 2.73. The van der Waals surface area contributed by atoms with E-state index in [0.29, 0.717) is 13.0 Å². The highest BCUT2D eigenvalue weighted by molar-refractivity contribution is 6.32. The van der Waals surface area contributed by atoms with E-state index in [1.807, 2.05) is 19.0 Å². The van der Waals surface area contributed by atoms with Gasteiger partial charge < -0.3 is 20.3 Å². The molecule has 1 unspecified atom stereocenters. The molecular weight excluding hydrogens is 471 g/mol. The zero-order chi connectivity index (χ0) is 24.8. The molecule has 0 radical (unpaired) electrons. The monoisotopic (exact) mass is 492 g/mol. The summed E-state index contributed by atoms with van der Waals surface area (Å²) in [5.41, 5.74) is -1.19. The molecule has 1 aromatic heterocycles. The first-order valence-corrected chi connectivity index (χ1v) is 10.1. The van der Waals surface area contributed by atoms with E-state index in [-0.39, 0.29) is 24.7 Å². The highest BCUT2D eigenvalue weighted by atomic mass is 35.5. The topological polar surface area (TPSA) is 86.1 Å². The van der Waals surface area contributed by atoms with Gasteiger partial charge in [0, 0.05) is 18.7 Å². The first kappa shape index (κ1) is 26.3. The summed E-state index contributed by atoms with van der Waals surface area (Å²) in [5, 5.41) is 12.5. The van der Waals surface area contributed by atoms with Crippen molar-refractivity contribution in [2.24, 2.45) is 0 Å². The Labute approximate surface area is 192 Å². The van der Waals surface area contributed by atoms with Crippen molar-refractivity contribution in [2.45, 2.75) is 32.1 Å². The van der Waals surface area contributed by atoms with Gasteiger partial charge in [0.05, 0.1) is 24.3 Å². The van der Waals surface area contributed by atoms with Crippen molar-refractivity contribution in [1.29, 1.82) is 5.26 Å². The summed E-state index contributed by atoms with van der Waals surface area (Å²) in [6.07, 6.45) is -2.46. The van der Waals surface area contributed by atoms with Crippen molar-refractivity contribution < 1.29 is 26.7 Å². The van der Waals surface area contributed by atoms with Crippen LogP contribution in [0.25, 0.3) is 11.1 Å². The number of alkyl halides is 3. The Kier molecular flexibility index (Phi) is 9.01. The van der Waals surface area contributed by atoms with Crippen LogP contribution in [0.1, 0.15) is 19.2 Å². The number of nitriles is 1. The van der Waals surface area contributed by atoms with Crippen molar-refractivity contribution in [1.82, 2.24) is 20.2 Å². The molecule has 0 spiro atoms. The van der Waals surface area contributed by atoms with Gasteiger partial charge in [-0.05, 0) is 27.4 Å². The minimum Gasteiger partial charge on any atom is -0.493 e. The van der Waals surface area contributed by atoms with Crippen LogP contribution in [0, 0.1) is 23.1 Å². The zero-order valence-corrected chi connectivity index (χ0v) is 18.8. The van der Waals surface area contributed by atoms with Crippen LogP contribution >= 0.6 is 11.6 Å². The van der Waals surface area contributed by atoms with Gasteiger partial charge in [-0.2, -0.15) is 18.4 Å². The number of ether oxygens (including phenoxy) is 1. The molecule has 1 heterocycles. The number of hydrogen-bond donors (Lipinski definition) is 2. The second-order valence-corrected chi connectivity index (χ2v) is 7.65. The van der Waals surface area contributed by atoms with Gasteiger partial charge in [0.2, 0.25) is 0 Å². The second kappa shape index (κ2) is 11.3. The third kappa shape index (κ3) is 7.30. The van der Waals surface area contributed by atoms with E-state index < -0.39 is 46.0 Å². The molecule has 7 nitrogen and oxygen atoms in total. The van der Waals surface area contributed by atoms with Crippen LogP contribution in [0.4, 0.5) is 27.8 Å². The lowest BCUT2D eigenvalue weighted by Gasteiger charge is -2.21. The molecule has 1 aromatic carbocycles. The first-order chi connectivity index (χ1) is 15.4. The molecule has 2 aromatic rings. The number of anilines is 1. The molecule has 0 aliphatic heterocycles. The van der Waals surface area contributed by atoms with E-state index in [1.165, 1.54) is 0 Å². The van der Waals surface area contributed by atoms with E-state index in [0.717, 1.165) is 19.1 Å². The molecule has 0 bridgehead atoms. The number of aromatic nitrogens is 2. The molecule has 0 aliphatic rings. The minimum atomic E-state index is -4.68. The summed E-state index contributed by atoms with van der Waals surface area (Å²) in [6, 6.07) is -0.302. The van der Waals surface area contributed by atoms with Crippen LogP contribution < -0.4 is 15.4 Å². The maximum atomic E-state index is 14.9. The van der Waals surface area contributed by atoms with Crippen molar-refractivity contribution in [3.8, 4) is 23.1 Å². The molecule has 2 rings (SSSR count). The lowest BCUT2D eigenvalue weighted by atomic mass is 10.1. The van der Waals surface area contributed by atoms with Crippen LogP contribution in [0.15, 0.2) is 12.1 Å². The van der Waals surface area contributed by atoms with Crippen LogP contribution in [-0.2, 0) is 6.54 Å². The van der Waals surface area contributed by atoms with Gasteiger partial charge in [0.25, 0.3) is 0 Å². The molecule has 0 saturated carbocycles. The van der Waals surface area contributed by atoms with Gasteiger partial charge in [-0.1, -0.05) is 11.6 Å². The van der Waals surface area contributed by atoms with E-state index in [4.69, 9.17) is 21.6 Å². The molecule has 0 aliphatic carbocycles. The molecule has 0 amide bonds.